The van der Waals surface area contributed by atoms with Gasteiger partial charge in [0, 0.05) is 89.5 Å². The van der Waals surface area contributed by atoms with Crippen LogP contribution in [0, 0.1) is 0 Å². The van der Waals surface area contributed by atoms with Crippen LogP contribution in [0.5, 0.6) is 11.5 Å². The Hall–Kier alpha value is -4.12. The van der Waals surface area contributed by atoms with E-state index in [2.05, 4.69) is 69.8 Å². The van der Waals surface area contributed by atoms with Gasteiger partial charge in [0.05, 0.1) is 47.7 Å². The number of pyridine rings is 2. The number of fused-ring (bicyclic) bond motifs is 4. The first-order chi connectivity index (χ1) is 25.3. The molecular weight excluding hydrogens is 693 g/mol. The molecule has 11 heteroatoms. The summed E-state index contributed by atoms with van der Waals surface area (Å²) in [5, 5.41) is 13.3. The fraction of sp³-hybridized carbons (Fsp3) is 0.366. The number of nitrogens with one attached hydrogen (secondary N) is 2. The monoisotopic (exact) mass is 737 g/mol. The number of anilines is 2. The predicted molar refractivity (Wildman–Crippen MR) is 216 cm³/mol. The van der Waals surface area contributed by atoms with Crippen molar-refractivity contribution in [3.05, 3.63) is 82.3 Å². The van der Waals surface area contributed by atoms with Gasteiger partial charge in [-0.25, -0.2) is 9.97 Å². The van der Waals surface area contributed by atoms with Gasteiger partial charge in [0.15, 0.2) is 0 Å². The number of ether oxygens (including phenoxy) is 2. The quantitative estimate of drug-likeness (QED) is 0.143. The van der Waals surface area contributed by atoms with Gasteiger partial charge in [0.25, 0.3) is 0 Å². The maximum atomic E-state index is 6.58. The van der Waals surface area contributed by atoms with Gasteiger partial charge in [-0.05, 0) is 99.2 Å². The lowest BCUT2D eigenvalue weighted by atomic mass is 9.89. The fourth-order valence-electron chi connectivity index (χ4n) is 7.95. The summed E-state index contributed by atoms with van der Waals surface area (Å²) in [5.41, 5.74) is 6.86. The Bertz CT molecular complexity index is 2280. The van der Waals surface area contributed by atoms with Crippen molar-refractivity contribution in [2.45, 2.75) is 24.9 Å². The van der Waals surface area contributed by atoms with Crippen LogP contribution in [0.3, 0.4) is 0 Å². The third-order valence-corrected chi connectivity index (χ3v) is 11.4. The normalized spacial score (nSPS) is 19.1. The van der Waals surface area contributed by atoms with Crippen molar-refractivity contribution in [3.63, 3.8) is 0 Å². The van der Waals surface area contributed by atoms with Gasteiger partial charge in [-0.1, -0.05) is 23.2 Å². The lowest BCUT2D eigenvalue weighted by molar-refractivity contribution is 0.158. The number of rotatable bonds is 9. The smallest absolute Gasteiger partial charge is 0.120 e. The molecule has 2 unspecified atom stereocenters. The van der Waals surface area contributed by atoms with Gasteiger partial charge in [-0.2, -0.15) is 0 Å². The number of hydrogen-bond donors (Lipinski definition) is 2. The maximum absolute atomic E-state index is 6.58. The van der Waals surface area contributed by atoms with E-state index in [1.165, 1.54) is 0 Å². The number of piperazine rings is 1. The molecule has 0 bridgehead atoms. The zero-order chi connectivity index (χ0) is 35.9. The summed E-state index contributed by atoms with van der Waals surface area (Å²) in [6.45, 7) is 7.07. The molecule has 0 saturated carbocycles. The fourth-order valence-corrected chi connectivity index (χ4v) is 8.29. The van der Waals surface area contributed by atoms with Gasteiger partial charge in [-0.15, -0.1) is 0 Å². The summed E-state index contributed by atoms with van der Waals surface area (Å²) in [4.78, 5) is 17.7. The first kappa shape index (κ1) is 34.9. The summed E-state index contributed by atoms with van der Waals surface area (Å²) in [6, 6.07) is 22.5. The number of methoxy groups -OCH3 is 2. The molecule has 0 aliphatic carbocycles. The second kappa shape index (κ2) is 14.7. The maximum Gasteiger partial charge on any atom is 0.120 e. The highest BCUT2D eigenvalue weighted by atomic mass is 35.5. The molecule has 2 aliphatic heterocycles. The Morgan fingerprint density at radius 2 is 1.40 bits per heavy atom. The Kier molecular flexibility index (Phi) is 9.89. The summed E-state index contributed by atoms with van der Waals surface area (Å²) in [7, 11) is 7.85. The van der Waals surface area contributed by atoms with E-state index in [0.717, 1.165) is 131 Å². The molecule has 2 aliphatic rings. The molecule has 2 atom stereocenters. The minimum absolute atomic E-state index is 0.0783. The van der Waals surface area contributed by atoms with Crippen LogP contribution in [0.25, 0.3) is 43.6 Å². The minimum atomic E-state index is 0.0783. The summed E-state index contributed by atoms with van der Waals surface area (Å²) < 4.78 is 11.6. The molecule has 4 heterocycles. The summed E-state index contributed by atoms with van der Waals surface area (Å²) in [6.07, 6.45) is 1.84. The molecule has 2 fully saturated rings. The number of halogens is 2. The van der Waals surface area contributed by atoms with Gasteiger partial charge < -0.3 is 25.0 Å². The second-order valence-corrected chi connectivity index (χ2v) is 15.1. The molecule has 2 aromatic heterocycles. The van der Waals surface area contributed by atoms with Crippen molar-refractivity contribution >= 4 is 78.2 Å². The van der Waals surface area contributed by atoms with Gasteiger partial charge >= 0.3 is 0 Å². The third-order valence-electron chi connectivity index (χ3n) is 10.9. The van der Waals surface area contributed by atoms with Crippen molar-refractivity contribution in [2.24, 2.45) is 0 Å². The number of likely N-dealkylation sites (N-methyl/N-ethyl adjacent to an activating group) is 1. The molecule has 52 heavy (non-hydrogen) atoms. The van der Waals surface area contributed by atoms with E-state index >= 15 is 0 Å². The number of nitrogens with zero attached hydrogens (tertiary/aromatic N) is 5. The molecule has 0 spiro atoms. The first-order valence-corrected chi connectivity index (χ1v) is 18.8. The predicted octanol–water partition coefficient (Wildman–Crippen LogP) is 8.32. The van der Waals surface area contributed by atoms with Crippen LogP contribution >= 0.6 is 23.2 Å². The summed E-state index contributed by atoms with van der Waals surface area (Å²) in [5.74, 6) is 1.61. The number of likely N-dealkylation sites (tertiary alicyclic amines) is 1. The lowest BCUT2D eigenvalue weighted by Gasteiger charge is -2.39. The number of piperidine rings is 1. The Labute approximate surface area is 314 Å². The van der Waals surface area contributed by atoms with Crippen LogP contribution in [-0.4, -0.2) is 105 Å². The topological polar surface area (TPSA) is 78.0 Å². The van der Waals surface area contributed by atoms with Gasteiger partial charge in [0.2, 0.25) is 0 Å². The van der Waals surface area contributed by atoms with Gasteiger partial charge in [-0.3, -0.25) is 9.80 Å². The Morgan fingerprint density at radius 3 is 2.13 bits per heavy atom. The van der Waals surface area contributed by atoms with E-state index in [1.807, 2.05) is 36.4 Å². The molecule has 4 aromatic carbocycles. The highest BCUT2D eigenvalue weighted by molar-refractivity contribution is 6.32. The molecule has 0 amide bonds. The zero-order valence-electron chi connectivity index (χ0n) is 30.2. The molecule has 270 valence electrons. The number of benzene rings is 4. The Morgan fingerprint density at radius 1 is 0.712 bits per heavy atom. The summed E-state index contributed by atoms with van der Waals surface area (Å²) >= 11 is 13.0. The first-order valence-electron chi connectivity index (χ1n) is 18.1. The standard InChI is InChI=1S/C41H45Cl2N7O2/c1-48-15-17-50(18-16-48)14-12-44-39-30-8-5-26(43)20-37(30)47-41-33(23-29(52-4)24-34(39)41)38-21-27(11-13-49(38)2)45-40-31-9-6-25(42)19-36(31)46-35-10-7-28(51-3)22-32(35)40/h5-10,19-20,22-24,27,38H,11-18,21H2,1-4H3,(H,44,47)(H,45,46). The van der Waals surface area contributed by atoms with Crippen LogP contribution in [0.1, 0.15) is 24.4 Å². The van der Waals surface area contributed by atoms with Crippen LogP contribution in [0.15, 0.2) is 66.7 Å². The minimum Gasteiger partial charge on any atom is -0.497 e. The van der Waals surface area contributed by atoms with Crippen molar-refractivity contribution in [3.8, 4) is 11.5 Å². The largest absolute Gasteiger partial charge is 0.497 e. The van der Waals surface area contributed by atoms with Crippen molar-refractivity contribution in [1.29, 1.82) is 0 Å². The van der Waals surface area contributed by atoms with Crippen LogP contribution < -0.4 is 20.1 Å². The van der Waals surface area contributed by atoms with E-state index in [0.29, 0.717) is 10.0 Å². The zero-order valence-corrected chi connectivity index (χ0v) is 31.7. The number of aromatic nitrogens is 2. The van der Waals surface area contributed by atoms with E-state index in [1.54, 1.807) is 14.2 Å². The molecule has 8 rings (SSSR count). The average molecular weight is 739 g/mol. The van der Waals surface area contributed by atoms with Crippen LogP contribution in [0.4, 0.5) is 11.4 Å². The molecule has 0 radical (unpaired) electrons. The van der Waals surface area contributed by atoms with E-state index < -0.39 is 0 Å². The second-order valence-electron chi connectivity index (χ2n) is 14.2. The highest BCUT2D eigenvalue weighted by Gasteiger charge is 2.31. The molecule has 2 N–H and O–H groups in total. The third kappa shape index (κ3) is 6.88. The SMILES string of the molecule is COc1ccc2nc3cc(Cl)ccc3c(NC3CCN(C)C(c4cc(OC)cc5c(NCCN6CCN(C)CC6)c6ccc(Cl)cc6nc45)C3)c2c1. The van der Waals surface area contributed by atoms with E-state index in [4.69, 9.17) is 42.6 Å². The van der Waals surface area contributed by atoms with Crippen LogP contribution in [-0.2, 0) is 0 Å². The van der Waals surface area contributed by atoms with E-state index in [-0.39, 0.29) is 12.1 Å². The molecule has 9 nitrogen and oxygen atoms in total. The highest BCUT2D eigenvalue weighted by Crippen LogP contribution is 2.43. The Balaban J connectivity index is 1.18. The number of hydrogen-bond acceptors (Lipinski definition) is 9. The van der Waals surface area contributed by atoms with Crippen molar-refractivity contribution in [1.82, 2.24) is 24.7 Å². The van der Waals surface area contributed by atoms with Crippen molar-refractivity contribution < 1.29 is 9.47 Å². The van der Waals surface area contributed by atoms with E-state index in [9.17, 15) is 0 Å². The van der Waals surface area contributed by atoms with Crippen LogP contribution in [0.2, 0.25) is 10.0 Å². The average Bonchev–Trinajstić information content (AvgIpc) is 3.15. The molecule has 2 saturated heterocycles. The van der Waals surface area contributed by atoms with Crippen molar-refractivity contribution in [2.75, 3.05) is 84.8 Å². The molecule has 6 aromatic rings. The molecular formula is C41H45Cl2N7O2. The van der Waals surface area contributed by atoms with Gasteiger partial charge in [0.1, 0.15) is 11.5 Å². The lowest BCUT2D eigenvalue weighted by Crippen LogP contribution is -2.45.